The Labute approximate surface area is 185 Å². The third-order valence-corrected chi connectivity index (χ3v) is 6.13. The number of fused-ring (bicyclic) bond motifs is 2. The van der Waals surface area contributed by atoms with Crippen LogP contribution in [0.1, 0.15) is 31.2 Å². The summed E-state index contributed by atoms with van der Waals surface area (Å²) in [6.45, 7) is 0.382. The number of hydrogen-bond donors (Lipinski definition) is 2. The van der Waals surface area contributed by atoms with Gasteiger partial charge in [0.25, 0.3) is 5.56 Å². The number of anilines is 1. The van der Waals surface area contributed by atoms with Gasteiger partial charge in [0.1, 0.15) is 5.75 Å². The van der Waals surface area contributed by atoms with Gasteiger partial charge in [0.15, 0.2) is 11.5 Å². The second-order valence-electron chi connectivity index (χ2n) is 8.11. The Morgan fingerprint density at radius 2 is 1.91 bits per heavy atom. The molecule has 0 radical (unpaired) electrons. The number of methoxy groups -OCH3 is 1. The maximum Gasteiger partial charge on any atom is 0.322 e. The number of pyridine rings is 1. The van der Waals surface area contributed by atoms with Gasteiger partial charge in [-0.1, -0.05) is 25.0 Å². The molecule has 5 rings (SSSR count). The molecule has 2 N–H and O–H groups in total. The highest BCUT2D eigenvalue weighted by molar-refractivity contribution is 5.91. The van der Waals surface area contributed by atoms with Crippen molar-refractivity contribution in [1.82, 2.24) is 9.88 Å². The van der Waals surface area contributed by atoms with Crippen molar-refractivity contribution >= 4 is 22.6 Å². The Morgan fingerprint density at radius 1 is 1.16 bits per heavy atom. The zero-order valence-corrected chi connectivity index (χ0v) is 17.8. The number of ether oxygens (including phenoxy) is 3. The SMILES string of the molecule is COc1ccccc1NC(=O)N(Cc1cc2cc3c(cc2[nH]c1=O)OCO3)C1CCCC1. The summed E-state index contributed by atoms with van der Waals surface area (Å²) in [6, 6.07) is 12.6. The average Bonchev–Trinajstić information content (AvgIpc) is 3.48. The molecule has 2 aliphatic rings. The number of aromatic nitrogens is 1. The number of para-hydroxylation sites is 2. The van der Waals surface area contributed by atoms with Crippen molar-refractivity contribution in [1.29, 1.82) is 0 Å². The van der Waals surface area contributed by atoms with Crippen LogP contribution in [0.4, 0.5) is 10.5 Å². The first-order valence-corrected chi connectivity index (χ1v) is 10.8. The summed E-state index contributed by atoms with van der Waals surface area (Å²) in [4.78, 5) is 30.9. The third kappa shape index (κ3) is 3.84. The minimum atomic E-state index is -0.244. The van der Waals surface area contributed by atoms with Crippen LogP contribution in [0, 0.1) is 0 Å². The average molecular weight is 435 g/mol. The summed E-state index contributed by atoms with van der Waals surface area (Å²) in [6.07, 6.45) is 3.98. The van der Waals surface area contributed by atoms with Gasteiger partial charge in [-0.15, -0.1) is 0 Å². The molecule has 3 aromatic rings. The Hall–Kier alpha value is -3.68. The van der Waals surface area contributed by atoms with E-state index >= 15 is 0 Å². The molecule has 1 aliphatic heterocycles. The second kappa shape index (κ2) is 8.45. The van der Waals surface area contributed by atoms with Gasteiger partial charge in [-0.25, -0.2) is 4.79 Å². The van der Waals surface area contributed by atoms with Crippen molar-refractivity contribution in [2.45, 2.75) is 38.3 Å². The summed E-state index contributed by atoms with van der Waals surface area (Å²) in [7, 11) is 1.57. The lowest BCUT2D eigenvalue weighted by molar-refractivity contribution is 0.174. The maximum atomic E-state index is 13.3. The Morgan fingerprint density at radius 3 is 2.69 bits per heavy atom. The zero-order chi connectivity index (χ0) is 22.1. The summed E-state index contributed by atoms with van der Waals surface area (Å²) in [5, 5.41) is 3.80. The third-order valence-electron chi connectivity index (χ3n) is 6.13. The monoisotopic (exact) mass is 435 g/mol. The molecule has 2 heterocycles. The molecule has 1 fully saturated rings. The summed E-state index contributed by atoms with van der Waals surface area (Å²) in [5.41, 5.74) is 1.58. The van der Waals surface area contributed by atoms with Crippen LogP contribution in [-0.2, 0) is 6.54 Å². The molecule has 0 bridgehead atoms. The quantitative estimate of drug-likeness (QED) is 0.625. The summed E-state index contributed by atoms with van der Waals surface area (Å²) >= 11 is 0. The smallest absolute Gasteiger partial charge is 0.322 e. The van der Waals surface area contributed by atoms with Crippen molar-refractivity contribution in [3.8, 4) is 17.2 Å². The lowest BCUT2D eigenvalue weighted by atomic mass is 10.1. The number of hydrogen-bond acceptors (Lipinski definition) is 5. The number of nitrogens with zero attached hydrogens (tertiary/aromatic N) is 1. The Bertz CT molecular complexity index is 1220. The molecule has 32 heavy (non-hydrogen) atoms. The molecule has 1 saturated carbocycles. The van der Waals surface area contributed by atoms with E-state index in [0.717, 1.165) is 31.1 Å². The van der Waals surface area contributed by atoms with Gasteiger partial charge in [-0.05, 0) is 37.1 Å². The topological polar surface area (TPSA) is 92.9 Å². The molecule has 0 atom stereocenters. The minimum Gasteiger partial charge on any atom is -0.495 e. The lowest BCUT2D eigenvalue weighted by Crippen LogP contribution is -2.42. The van der Waals surface area contributed by atoms with Crippen LogP contribution in [-0.4, -0.2) is 35.9 Å². The second-order valence-corrected chi connectivity index (χ2v) is 8.11. The van der Waals surface area contributed by atoms with Gasteiger partial charge in [0.05, 0.1) is 24.9 Å². The molecule has 0 unspecified atom stereocenters. The standard InChI is InChI=1S/C24H25N3O5/c1-30-20-9-5-4-8-18(20)26-24(29)27(17-6-2-3-7-17)13-16-10-15-11-21-22(32-14-31-21)12-19(15)25-23(16)28/h4-5,8-12,17H,2-3,6-7,13-14H2,1H3,(H,25,28)(H,26,29). The predicted octanol–water partition coefficient (Wildman–Crippen LogP) is 4.24. The van der Waals surface area contributed by atoms with Crippen LogP contribution in [0.3, 0.4) is 0 Å². The minimum absolute atomic E-state index is 0.0801. The number of urea groups is 1. The van der Waals surface area contributed by atoms with Crippen molar-refractivity contribution < 1.29 is 19.0 Å². The van der Waals surface area contributed by atoms with Gasteiger partial charge in [-0.3, -0.25) is 4.79 Å². The molecule has 0 spiro atoms. The zero-order valence-electron chi connectivity index (χ0n) is 17.8. The fourth-order valence-electron chi connectivity index (χ4n) is 4.46. The number of H-pyrrole nitrogens is 1. The number of carbonyl (C=O) groups is 1. The van der Waals surface area contributed by atoms with Gasteiger partial charge < -0.3 is 29.4 Å². The molecule has 0 saturated heterocycles. The molecular formula is C24H25N3O5. The van der Waals surface area contributed by atoms with E-state index in [1.807, 2.05) is 24.3 Å². The Balaban J connectivity index is 1.45. The molecule has 8 nitrogen and oxygen atoms in total. The number of amides is 2. The van der Waals surface area contributed by atoms with Crippen molar-refractivity contribution in [3.63, 3.8) is 0 Å². The number of aromatic amines is 1. The highest BCUT2D eigenvalue weighted by atomic mass is 16.7. The lowest BCUT2D eigenvalue weighted by Gasteiger charge is -2.29. The van der Waals surface area contributed by atoms with Gasteiger partial charge in [-0.2, -0.15) is 0 Å². The van der Waals surface area contributed by atoms with Gasteiger partial charge >= 0.3 is 6.03 Å². The highest BCUT2D eigenvalue weighted by Crippen LogP contribution is 2.35. The van der Waals surface area contributed by atoms with E-state index in [2.05, 4.69) is 10.3 Å². The first-order chi connectivity index (χ1) is 15.6. The molecule has 2 amide bonds. The van der Waals surface area contributed by atoms with Crippen LogP contribution in [0.5, 0.6) is 17.2 Å². The van der Waals surface area contributed by atoms with Crippen LogP contribution in [0.2, 0.25) is 0 Å². The molecule has 1 aliphatic carbocycles. The number of rotatable bonds is 5. The normalized spacial score (nSPS) is 15.2. The first-order valence-electron chi connectivity index (χ1n) is 10.8. The van der Waals surface area contributed by atoms with Gasteiger partial charge in [0, 0.05) is 23.1 Å². The summed E-state index contributed by atoms with van der Waals surface area (Å²) in [5.74, 6) is 1.86. The molecule has 2 aromatic carbocycles. The van der Waals surface area contributed by atoms with E-state index < -0.39 is 0 Å². The van der Waals surface area contributed by atoms with Crippen LogP contribution in [0.15, 0.2) is 47.3 Å². The first kappa shape index (κ1) is 20.2. The van der Waals surface area contributed by atoms with E-state index in [1.54, 1.807) is 30.2 Å². The van der Waals surface area contributed by atoms with Crippen LogP contribution in [0.25, 0.3) is 10.9 Å². The number of benzene rings is 2. The van der Waals surface area contributed by atoms with E-state index in [9.17, 15) is 9.59 Å². The van der Waals surface area contributed by atoms with E-state index in [4.69, 9.17) is 14.2 Å². The predicted molar refractivity (Wildman–Crippen MR) is 121 cm³/mol. The molecule has 8 heteroatoms. The van der Waals surface area contributed by atoms with Gasteiger partial charge in [0.2, 0.25) is 6.79 Å². The largest absolute Gasteiger partial charge is 0.495 e. The van der Waals surface area contributed by atoms with Crippen LogP contribution < -0.4 is 25.1 Å². The molecular weight excluding hydrogens is 410 g/mol. The number of nitrogens with one attached hydrogen (secondary N) is 2. The van der Waals surface area contributed by atoms with Crippen molar-refractivity contribution in [2.75, 3.05) is 19.2 Å². The van der Waals surface area contributed by atoms with E-state index in [1.165, 1.54) is 0 Å². The fourth-order valence-corrected chi connectivity index (χ4v) is 4.46. The summed E-state index contributed by atoms with van der Waals surface area (Å²) < 4.78 is 16.2. The molecule has 1 aromatic heterocycles. The van der Waals surface area contributed by atoms with Crippen molar-refractivity contribution in [3.05, 3.63) is 58.4 Å². The van der Waals surface area contributed by atoms with E-state index in [0.29, 0.717) is 34.0 Å². The van der Waals surface area contributed by atoms with Crippen molar-refractivity contribution in [2.24, 2.45) is 0 Å². The highest BCUT2D eigenvalue weighted by Gasteiger charge is 2.28. The molecule has 166 valence electrons. The maximum absolute atomic E-state index is 13.3. The van der Waals surface area contributed by atoms with Crippen LogP contribution >= 0.6 is 0 Å². The van der Waals surface area contributed by atoms with E-state index in [-0.39, 0.29) is 31.0 Å². The number of carbonyl (C=O) groups excluding carboxylic acids is 1. The fraction of sp³-hybridized carbons (Fsp3) is 0.333. The Kier molecular flexibility index (Phi) is 5.34.